The molecule has 2 amide bonds. The zero-order valence-electron chi connectivity index (χ0n) is 19.6. The molecule has 1 fully saturated rings. The second-order valence-corrected chi connectivity index (χ2v) is 9.47. The Bertz CT molecular complexity index is 1150. The van der Waals surface area contributed by atoms with E-state index >= 15 is 0 Å². The lowest BCUT2D eigenvalue weighted by Gasteiger charge is -2.23. The Labute approximate surface area is 193 Å². The third-order valence-corrected chi connectivity index (χ3v) is 5.96. The first kappa shape index (κ1) is 22.6. The normalized spacial score (nSPS) is 16.1. The van der Waals surface area contributed by atoms with E-state index in [9.17, 15) is 9.59 Å². The minimum absolute atomic E-state index is 0.118. The molecule has 3 heterocycles. The van der Waals surface area contributed by atoms with Crippen LogP contribution in [0.2, 0.25) is 0 Å². The van der Waals surface area contributed by atoms with Crippen LogP contribution in [-0.4, -0.2) is 43.4 Å². The second kappa shape index (κ2) is 9.13. The number of aromatic nitrogens is 4. The Morgan fingerprint density at radius 1 is 1.21 bits per heavy atom. The summed E-state index contributed by atoms with van der Waals surface area (Å²) in [5.74, 6) is 0.216. The van der Waals surface area contributed by atoms with E-state index in [4.69, 9.17) is 0 Å². The van der Waals surface area contributed by atoms with Gasteiger partial charge in [-0.25, -0.2) is 9.97 Å². The van der Waals surface area contributed by atoms with Gasteiger partial charge < -0.3 is 10.2 Å². The summed E-state index contributed by atoms with van der Waals surface area (Å²) in [6, 6.07) is 11.3. The smallest absolute Gasteiger partial charge is 0.274 e. The zero-order valence-corrected chi connectivity index (χ0v) is 19.6. The highest BCUT2D eigenvalue weighted by Gasteiger charge is 2.34. The standard InChI is InChI=1S/C25H30N6O2/c1-16-18(23(32)27-14-17-9-6-5-7-10-17)15-26-22(28-16)20-11-8-12-31(20)24(33)19-13-21(30-29-19)25(2,3)4/h5-7,9-10,13,15,20H,8,11-12,14H2,1-4H3,(H,27,32)(H,29,30)/t20-/m0/s1. The van der Waals surface area contributed by atoms with Gasteiger partial charge in [0.1, 0.15) is 5.69 Å². The highest BCUT2D eigenvalue weighted by molar-refractivity contribution is 5.95. The van der Waals surface area contributed by atoms with Crippen molar-refractivity contribution in [3.05, 3.63) is 76.6 Å². The zero-order chi connectivity index (χ0) is 23.6. The molecule has 8 heteroatoms. The van der Waals surface area contributed by atoms with Gasteiger partial charge in [-0.3, -0.25) is 14.7 Å². The molecule has 33 heavy (non-hydrogen) atoms. The largest absolute Gasteiger partial charge is 0.348 e. The van der Waals surface area contributed by atoms with Crippen LogP contribution in [0.4, 0.5) is 0 Å². The molecule has 1 aliphatic heterocycles. The van der Waals surface area contributed by atoms with Gasteiger partial charge in [-0.15, -0.1) is 0 Å². The second-order valence-electron chi connectivity index (χ2n) is 9.47. The van der Waals surface area contributed by atoms with Gasteiger partial charge in [-0.05, 0) is 31.4 Å². The van der Waals surface area contributed by atoms with E-state index < -0.39 is 0 Å². The fraction of sp³-hybridized carbons (Fsp3) is 0.400. The predicted molar refractivity (Wildman–Crippen MR) is 125 cm³/mol. The molecule has 2 aromatic heterocycles. The number of aromatic amines is 1. The number of aryl methyl sites for hydroxylation is 1. The number of hydrogen-bond acceptors (Lipinski definition) is 5. The van der Waals surface area contributed by atoms with Crippen molar-refractivity contribution in [1.29, 1.82) is 0 Å². The highest BCUT2D eigenvalue weighted by Crippen LogP contribution is 2.32. The van der Waals surface area contributed by atoms with Crippen LogP contribution in [0.15, 0.2) is 42.6 Å². The highest BCUT2D eigenvalue weighted by atomic mass is 16.2. The number of nitrogens with zero attached hydrogens (tertiary/aromatic N) is 4. The van der Waals surface area contributed by atoms with Gasteiger partial charge in [0.25, 0.3) is 11.8 Å². The number of nitrogens with one attached hydrogen (secondary N) is 2. The van der Waals surface area contributed by atoms with E-state index in [1.165, 1.54) is 0 Å². The van der Waals surface area contributed by atoms with Crippen LogP contribution >= 0.6 is 0 Å². The van der Waals surface area contributed by atoms with Crippen LogP contribution in [0.25, 0.3) is 0 Å². The average Bonchev–Trinajstić information content (AvgIpc) is 3.47. The maximum atomic E-state index is 13.2. The third kappa shape index (κ3) is 4.94. The molecular formula is C25H30N6O2. The topological polar surface area (TPSA) is 104 Å². The van der Waals surface area contributed by atoms with Crippen molar-refractivity contribution in [1.82, 2.24) is 30.4 Å². The number of likely N-dealkylation sites (tertiary alicyclic amines) is 1. The number of hydrogen-bond donors (Lipinski definition) is 2. The number of carbonyl (C=O) groups is 2. The number of benzene rings is 1. The average molecular weight is 447 g/mol. The summed E-state index contributed by atoms with van der Waals surface area (Å²) in [6.07, 6.45) is 3.21. The molecule has 1 aliphatic rings. The third-order valence-electron chi connectivity index (χ3n) is 5.96. The molecule has 0 radical (unpaired) electrons. The van der Waals surface area contributed by atoms with Crippen molar-refractivity contribution in [3.8, 4) is 0 Å². The Kier molecular flexibility index (Phi) is 6.26. The Hall–Kier alpha value is -3.55. The lowest BCUT2D eigenvalue weighted by atomic mass is 9.92. The van der Waals surface area contributed by atoms with Crippen LogP contribution in [-0.2, 0) is 12.0 Å². The minimum atomic E-state index is -0.229. The van der Waals surface area contributed by atoms with Crippen molar-refractivity contribution in [2.45, 2.75) is 58.5 Å². The maximum Gasteiger partial charge on any atom is 0.274 e. The van der Waals surface area contributed by atoms with Gasteiger partial charge in [-0.2, -0.15) is 5.10 Å². The van der Waals surface area contributed by atoms with Crippen molar-refractivity contribution in [3.63, 3.8) is 0 Å². The molecule has 0 unspecified atom stereocenters. The summed E-state index contributed by atoms with van der Waals surface area (Å²) in [4.78, 5) is 36.7. The van der Waals surface area contributed by atoms with Crippen LogP contribution in [0.3, 0.4) is 0 Å². The molecule has 3 aromatic rings. The molecule has 1 atom stereocenters. The van der Waals surface area contributed by atoms with Gasteiger partial charge in [0.2, 0.25) is 0 Å². The summed E-state index contributed by atoms with van der Waals surface area (Å²) in [5.41, 5.74) is 3.26. The first-order valence-electron chi connectivity index (χ1n) is 11.3. The number of amides is 2. The van der Waals surface area contributed by atoms with Crippen molar-refractivity contribution < 1.29 is 9.59 Å². The summed E-state index contributed by atoms with van der Waals surface area (Å²) >= 11 is 0. The van der Waals surface area contributed by atoms with Crippen molar-refractivity contribution in [2.75, 3.05) is 6.54 Å². The lowest BCUT2D eigenvalue weighted by molar-refractivity contribution is 0.0723. The molecule has 0 saturated carbocycles. The molecule has 0 aliphatic carbocycles. The van der Waals surface area contributed by atoms with Gasteiger partial charge in [0, 0.05) is 30.4 Å². The monoisotopic (exact) mass is 446 g/mol. The molecule has 2 N–H and O–H groups in total. The number of carbonyl (C=O) groups excluding carboxylic acids is 2. The van der Waals surface area contributed by atoms with Gasteiger partial charge in [0.15, 0.2) is 5.82 Å². The van der Waals surface area contributed by atoms with E-state index in [0.29, 0.717) is 35.9 Å². The molecule has 1 aromatic carbocycles. The predicted octanol–water partition coefficient (Wildman–Crippen LogP) is 3.71. The molecule has 0 bridgehead atoms. The van der Waals surface area contributed by atoms with E-state index in [1.807, 2.05) is 36.4 Å². The first-order chi connectivity index (χ1) is 15.7. The molecular weight excluding hydrogens is 416 g/mol. The van der Waals surface area contributed by atoms with Crippen LogP contribution < -0.4 is 5.32 Å². The van der Waals surface area contributed by atoms with E-state index in [2.05, 4.69) is 46.3 Å². The Morgan fingerprint density at radius 3 is 2.64 bits per heavy atom. The van der Waals surface area contributed by atoms with Crippen LogP contribution in [0, 0.1) is 6.92 Å². The Balaban J connectivity index is 1.48. The number of rotatable bonds is 5. The van der Waals surface area contributed by atoms with E-state index in [1.54, 1.807) is 18.0 Å². The van der Waals surface area contributed by atoms with Crippen molar-refractivity contribution >= 4 is 11.8 Å². The molecule has 4 rings (SSSR count). The molecule has 1 saturated heterocycles. The maximum absolute atomic E-state index is 13.2. The molecule has 8 nitrogen and oxygen atoms in total. The molecule has 172 valence electrons. The van der Waals surface area contributed by atoms with Crippen LogP contribution in [0.1, 0.15) is 83.3 Å². The quantitative estimate of drug-likeness (QED) is 0.622. The van der Waals surface area contributed by atoms with Gasteiger partial charge >= 0.3 is 0 Å². The summed E-state index contributed by atoms with van der Waals surface area (Å²) < 4.78 is 0. The molecule has 0 spiro atoms. The Morgan fingerprint density at radius 2 is 1.97 bits per heavy atom. The summed E-state index contributed by atoms with van der Waals surface area (Å²) in [5, 5.41) is 10.1. The fourth-order valence-corrected chi connectivity index (χ4v) is 3.98. The van der Waals surface area contributed by atoms with Crippen LogP contribution in [0.5, 0.6) is 0 Å². The van der Waals surface area contributed by atoms with E-state index in [-0.39, 0.29) is 23.3 Å². The fourth-order valence-electron chi connectivity index (χ4n) is 3.98. The minimum Gasteiger partial charge on any atom is -0.348 e. The lowest BCUT2D eigenvalue weighted by Crippen LogP contribution is -2.32. The number of H-pyrrole nitrogens is 1. The van der Waals surface area contributed by atoms with E-state index in [0.717, 1.165) is 24.1 Å². The summed E-state index contributed by atoms with van der Waals surface area (Å²) in [7, 11) is 0. The van der Waals surface area contributed by atoms with Crippen molar-refractivity contribution in [2.24, 2.45) is 0 Å². The van der Waals surface area contributed by atoms with Gasteiger partial charge in [-0.1, -0.05) is 51.1 Å². The first-order valence-corrected chi connectivity index (χ1v) is 11.3. The summed E-state index contributed by atoms with van der Waals surface area (Å²) in [6.45, 7) is 9.08. The SMILES string of the molecule is Cc1nc([C@@H]2CCCN2C(=O)c2cc(C(C)(C)C)[nH]n2)ncc1C(=O)NCc1ccccc1. The van der Waals surface area contributed by atoms with Gasteiger partial charge in [0.05, 0.1) is 17.3 Å².